The van der Waals surface area contributed by atoms with Gasteiger partial charge < -0.3 is 5.11 Å². The van der Waals surface area contributed by atoms with Crippen molar-refractivity contribution >= 4 is 5.97 Å². The van der Waals surface area contributed by atoms with Crippen LogP contribution in [-0.4, -0.2) is 28.7 Å². The molecule has 1 aliphatic rings. The topological polar surface area (TPSA) is 40.5 Å². The second-order valence-electron chi connectivity index (χ2n) is 9.51. The van der Waals surface area contributed by atoms with Crippen LogP contribution in [0.3, 0.4) is 0 Å². The number of allylic oxidation sites excluding steroid dienone is 1. The fourth-order valence-electron chi connectivity index (χ4n) is 4.61. The summed E-state index contributed by atoms with van der Waals surface area (Å²) in [6, 6.07) is 6.51. The van der Waals surface area contributed by atoms with Gasteiger partial charge in [0.2, 0.25) is 0 Å². The van der Waals surface area contributed by atoms with Crippen LogP contribution in [0.4, 0.5) is 35.1 Å². The molecule has 3 rings (SSSR count). The number of carbonyl (C=O) groups is 1. The zero-order chi connectivity index (χ0) is 29.2. The molecule has 210 valence electrons. The molecule has 1 N–H and O–H groups in total. The summed E-state index contributed by atoms with van der Waals surface area (Å²) in [7, 11) is 0. The summed E-state index contributed by atoms with van der Waals surface area (Å²) in [5, 5.41) is 9.28. The lowest BCUT2D eigenvalue weighted by Gasteiger charge is -2.42. The third-order valence-corrected chi connectivity index (χ3v) is 6.54. The van der Waals surface area contributed by atoms with E-state index in [-0.39, 0.29) is 25.3 Å². The minimum absolute atomic E-state index is 0.158. The summed E-state index contributed by atoms with van der Waals surface area (Å²) in [6.45, 7) is 5.57. The monoisotopic (exact) mass is 559 g/mol. The van der Waals surface area contributed by atoms with Gasteiger partial charge in [0.05, 0.1) is 11.6 Å². The van der Waals surface area contributed by atoms with Gasteiger partial charge in [-0.05, 0) is 54.5 Å². The van der Waals surface area contributed by atoms with Gasteiger partial charge in [-0.15, -0.1) is 0 Å². The molecule has 3 atom stereocenters. The maximum Gasteiger partial charge on any atom is 0.458 e. The van der Waals surface area contributed by atoms with E-state index in [2.05, 4.69) is 18.4 Å². The van der Waals surface area contributed by atoms with Crippen molar-refractivity contribution in [2.24, 2.45) is 5.92 Å². The van der Waals surface area contributed by atoms with E-state index < -0.39 is 47.5 Å². The van der Waals surface area contributed by atoms with Gasteiger partial charge in [0.25, 0.3) is 0 Å². The number of piperidine rings is 1. The van der Waals surface area contributed by atoms with Crippen LogP contribution in [0.25, 0.3) is 0 Å². The van der Waals surface area contributed by atoms with Crippen molar-refractivity contribution in [3.05, 3.63) is 82.9 Å². The Labute approximate surface area is 220 Å². The van der Waals surface area contributed by atoms with Gasteiger partial charge in [-0.3, -0.25) is 9.69 Å². The lowest BCUT2D eigenvalue weighted by atomic mass is 9.83. The van der Waals surface area contributed by atoms with Gasteiger partial charge in [0.1, 0.15) is 0 Å². The summed E-state index contributed by atoms with van der Waals surface area (Å²) in [5.74, 6) is -0.640. The molecule has 0 saturated carbocycles. The number of benzene rings is 2. The lowest BCUT2D eigenvalue weighted by molar-refractivity contribution is -0.289. The quantitative estimate of drug-likeness (QED) is 0.289. The molecule has 0 bridgehead atoms. The molecule has 0 spiro atoms. The van der Waals surface area contributed by atoms with E-state index in [1.165, 1.54) is 12.1 Å². The second kappa shape index (κ2) is 11.4. The highest BCUT2D eigenvalue weighted by Crippen LogP contribution is 2.45. The molecule has 2 aromatic rings. The third kappa shape index (κ3) is 7.18. The van der Waals surface area contributed by atoms with E-state index in [1.807, 2.05) is 0 Å². The van der Waals surface area contributed by atoms with Crippen LogP contribution in [0, 0.1) is 17.8 Å². The number of nitrogens with zero attached hydrogens (tertiary/aromatic N) is 1. The average molecular weight is 559 g/mol. The molecule has 1 fully saturated rings. The number of carboxylic acid groups (broad SMARTS) is 1. The Morgan fingerprint density at radius 3 is 2.05 bits per heavy atom. The molecule has 0 amide bonds. The van der Waals surface area contributed by atoms with Crippen molar-refractivity contribution in [3.63, 3.8) is 0 Å². The van der Waals surface area contributed by atoms with Crippen LogP contribution in [0.2, 0.25) is 0 Å². The molecule has 0 aromatic heterocycles. The smallest absolute Gasteiger partial charge is 0.458 e. The summed E-state index contributed by atoms with van der Waals surface area (Å²) in [5.41, 5.74) is -0.910. The number of rotatable bonds is 6. The van der Waals surface area contributed by atoms with Crippen molar-refractivity contribution in [2.75, 3.05) is 6.54 Å². The molecular weight excluding hydrogens is 534 g/mol. The van der Waals surface area contributed by atoms with Crippen molar-refractivity contribution in [1.82, 2.24) is 4.90 Å². The zero-order valence-corrected chi connectivity index (χ0v) is 20.7. The van der Waals surface area contributed by atoms with Crippen LogP contribution in [0.15, 0.2) is 60.7 Å². The van der Waals surface area contributed by atoms with E-state index in [1.54, 1.807) is 11.8 Å². The van der Waals surface area contributed by atoms with E-state index >= 15 is 0 Å². The Morgan fingerprint density at radius 2 is 1.56 bits per heavy atom. The molecule has 0 radical (unpaired) electrons. The van der Waals surface area contributed by atoms with Gasteiger partial charge >= 0.3 is 24.2 Å². The molecule has 3 nitrogen and oxygen atoms in total. The fraction of sp³-hybridized carbons (Fsp3) is 0.393. The van der Waals surface area contributed by atoms with Crippen molar-refractivity contribution in [3.8, 4) is 11.8 Å². The predicted octanol–water partition coefficient (Wildman–Crippen LogP) is 7.91. The first-order valence-corrected chi connectivity index (χ1v) is 11.9. The van der Waals surface area contributed by atoms with Gasteiger partial charge in [-0.1, -0.05) is 54.8 Å². The maximum atomic E-state index is 13.8. The van der Waals surface area contributed by atoms with Crippen molar-refractivity contribution in [2.45, 2.75) is 56.5 Å². The zero-order valence-electron chi connectivity index (χ0n) is 20.7. The molecular formula is C28H25F8NO2. The van der Waals surface area contributed by atoms with E-state index in [4.69, 9.17) is 0 Å². The number of hydrogen-bond donors (Lipinski definition) is 1. The second-order valence-corrected chi connectivity index (χ2v) is 9.51. The Morgan fingerprint density at radius 1 is 1.00 bits per heavy atom. The van der Waals surface area contributed by atoms with E-state index in [9.17, 15) is 45.0 Å². The Balaban J connectivity index is 2.06. The van der Waals surface area contributed by atoms with Crippen LogP contribution in [0.5, 0.6) is 0 Å². The third-order valence-electron chi connectivity index (χ3n) is 6.54. The molecule has 11 heteroatoms. The maximum absolute atomic E-state index is 13.8. The Kier molecular flexibility index (Phi) is 8.80. The van der Waals surface area contributed by atoms with Crippen LogP contribution in [-0.2, 0) is 16.9 Å². The number of hydrogen-bond acceptors (Lipinski definition) is 2. The Bertz CT molecular complexity index is 1240. The summed E-state index contributed by atoms with van der Waals surface area (Å²) >= 11 is 0. The van der Waals surface area contributed by atoms with Crippen molar-refractivity contribution in [1.29, 1.82) is 0 Å². The van der Waals surface area contributed by atoms with E-state index in [0.717, 1.165) is 24.3 Å². The minimum Gasteiger partial charge on any atom is -0.481 e. The van der Waals surface area contributed by atoms with Gasteiger partial charge in [-0.25, -0.2) is 0 Å². The molecule has 2 aromatic carbocycles. The van der Waals surface area contributed by atoms with Crippen LogP contribution < -0.4 is 0 Å². The van der Waals surface area contributed by atoms with Gasteiger partial charge in [0, 0.05) is 24.6 Å². The SMILES string of the molecule is C=C(C)C#C[C@H](c1ccc(C(F)(F)C(F)(F)F)cc1)N1CC[C@@H](CC(=O)O)C[C@H]1c1ccc(C(F)(F)F)cc1. The standard InChI is InChI=1S/C28H25F8NO2/c1-17(2)3-12-23(19-4-8-21(9-5-19)26(29,30)28(34,35)36)37-14-13-18(16-25(38)39)15-24(37)20-6-10-22(11-7-20)27(31,32)33/h4-11,18,23-24H,1,13-16H2,2H3,(H,38,39)/t18-,23-,24+/m1/s1. The average Bonchev–Trinajstić information content (AvgIpc) is 2.83. The summed E-state index contributed by atoms with van der Waals surface area (Å²) in [6.07, 6.45) is -9.85. The first-order valence-electron chi connectivity index (χ1n) is 11.9. The molecule has 1 aliphatic heterocycles. The molecule has 1 saturated heterocycles. The van der Waals surface area contributed by atoms with Crippen LogP contribution >= 0.6 is 0 Å². The summed E-state index contributed by atoms with van der Waals surface area (Å²) in [4.78, 5) is 13.2. The molecule has 0 unspecified atom stereocenters. The number of likely N-dealkylation sites (tertiary alicyclic amines) is 1. The highest BCUT2D eigenvalue weighted by atomic mass is 19.4. The van der Waals surface area contributed by atoms with Crippen LogP contribution in [0.1, 0.15) is 60.5 Å². The van der Waals surface area contributed by atoms with E-state index in [0.29, 0.717) is 35.3 Å². The lowest BCUT2D eigenvalue weighted by Crippen LogP contribution is -2.39. The first-order chi connectivity index (χ1) is 18.0. The van der Waals surface area contributed by atoms with Gasteiger partial charge in [0.15, 0.2) is 0 Å². The normalized spacial score (nSPS) is 19.6. The highest BCUT2D eigenvalue weighted by molar-refractivity contribution is 5.67. The van der Waals surface area contributed by atoms with Crippen molar-refractivity contribution < 1.29 is 45.0 Å². The first kappa shape index (κ1) is 30.2. The highest BCUT2D eigenvalue weighted by Gasteiger charge is 2.58. The predicted molar refractivity (Wildman–Crippen MR) is 128 cm³/mol. The minimum atomic E-state index is -5.78. The summed E-state index contributed by atoms with van der Waals surface area (Å²) < 4.78 is 106. The fourth-order valence-corrected chi connectivity index (χ4v) is 4.61. The molecule has 1 heterocycles. The largest absolute Gasteiger partial charge is 0.481 e. The number of alkyl halides is 8. The molecule has 0 aliphatic carbocycles. The number of aliphatic carboxylic acids is 1. The Hall–Kier alpha value is -3.39. The molecule has 39 heavy (non-hydrogen) atoms. The van der Waals surface area contributed by atoms with Gasteiger partial charge in [-0.2, -0.15) is 35.1 Å². The number of carboxylic acids is 1. The number of halogens is 8.